The van der Waals surface area contributed by atoms with Crippen LogP contribution < -0.4 is 17.2 Å². The predicted molar refractivity (Wildman–Crippen MR) is 148 cm³/mol. The van der Waals surface area contributed by atoms with Gasteiger partial charge in [-0.15, -0.1) is 0 Å². The van der Waals surface area contributed by atoms with Crippen molar-refractivity contribution in [1.29, 1.82) is 0 Å². The minimum Gasteiger partial charge on any atom is -0.393 e. The molecular formula is C30H57N3O4. The predicted octanol–water partition coefficient (Wildman–Crippen LogP) is 3.65. The first-order chi connectivity index (χ1) is 17.8. The Labute approximate surface area is 225 Å². The summed E-state index contributed by atoms with van der Waals surface area (Å²) in [7, 11) is 0. The van der Waals surface area contributed by atoms with Crippen molar-refractivity contribution in [3.8, 4) is 0 Å². The third-order valence-corrected chi connectivity index (χ3v) is 11.6. The molecule has 4 fully saturated rings. The summed E-state index contributed by atoms with van der Waals surface area (Å²) in [6, 6.07) is 0. The molecule has 0 spiro atoms. The van der Waals surface area contributed by atoms with Gasteiger partial charge in [-0.3, -0.25) is 0 Å². The maximum absolute atomic E-state index is 10.9. The summed E-state index contributed by atoms with van der Waals surface area (Å²) in [5.74, 6) is 3.28. The number of hydrogen-bond donors (Lipinski definition) is 4. The number of aliphatic hydroxyl groups is 1. The van der Waals surface area contributed by atoms with E-state index in [-0.39, 0.29) is 29.6 Å². The van der Waals surface area contributed by atoms with Gasteiger partial charge in [0.1, 0.15) is 0 Å². The summed E-state index contributed by atoms with van der Waals surface area (Å²) in [6.45, 7) is 10.9. The number of nitrogens with two attached hydrogens (primary N) is 3. The fraction of sp³-hybridized carbons (Fsp3) is 1.00. The molecule has 0 aliphatic heterocycles. The fourth-order valence-electron chi connectivity index (χ4n) is 9.70. The van der Waals surface area contributed by atoms with Gasteiger partial charge in [0, 0.05) is 25.2 Å². The molecule has 7 nitrogen and oxygen atoms in total. The molecule has 7 heteroatoms. The van der Waals surface area contributed by atoms with Crippen LogP contribution in [0.3, 0.4) is 0 Å². The van der Waals surface area contributed by atoms with Gasteiger partial charge in [0.05, 0.1) is 25.0 Å². The average molecular weight is 524 g/mol. The number of rotatable bonds is 13. The van der Waals surface area contributed by atoms with E-state index in [4.69, 9.17) is 31.4 Å². The van der Waals surface area contributed by atoms with E-state index in [0.29, 0.717) is 61.4 Å². The highest BCUT2D eigenvalue weighted by molar-refractivity contribution is 5.15. The lowest BCUT2D eigenvalue weighted by Crippen LogP contribution is -2.63. The van der Waals surface area contributed by atoms with Crippen LogP contribution in [0.15, 0.2) is 0 Å². The average Bonchev–Trinajstić information content (AvgIpc) is 3.23. The second-order valence-electron chi connectivity index (χ2n) is 13.3. The van der Waals surface area contributed by atoms with E-state index in [1.165, 1.54) is 25.7 Å². The summed E-state index contributed by atoms with van der Waals surface area (Å²) in [5, 5.41) is 10.9. The van der Waals surface area contributed by atoms with Gasteiger partial charge in [-0.1, -0.05) is 13.8 Å². The van der Waals surface area contributed by atoms with Gasteiger partial charge in [0.2, 0.25) is 0 Å². The molecule has 4 aliphatic rings. The lowest BCUT2D eigenvalue weighted by Gasteiger charge is -2.64. The van der Waals surface area contributed by atoms with Crippen molar-refractivity contribution in [2.24, 2.45) is 63.5 Å². The van der Waals surface area contributed by atoms with Crippen molar-refractivity contribution in [3.63, 3.8) is 0 Å². The van der Waals surface area contributed by atoms with Crippen LogP contribution in [0.5, 0.6) is 0 Å². The van der Waals surface area contributed by atoms with E-state index < -0.39 is 0 Å². The van der Waals surface area contributed by atoms with Crippen LogP contribution >= 0.6 is 0 Å². The highest BCUT2D eigenvalue weighted by Gasteiger charge is 2.66. The van der Waals surface area contributed by atoms with Gasteiger partial charge in [-0.05, 0) is 125 Å². The first-order valence-corrected chi connectivity index (χ1v) is 15.4. The topological polar surface area (TPSA) is 126 Å². The first-order valence-electron chi connectivity index (χ1n) is 15.4. The highest BCUT2D eigenvalue weighted by Crippen LogP contribution is 2.69. The van der Waals surface area contributed by atoms with Gasteiger partial charge < -0.3 is 36.5 Å². The molecule has 216 valence electrons. The van der Waals surface area contributed by atoms with E-state index in [1.807, 2.05) is 6.92 Å². The lowest BCUT2D eigenvalue weighted by atomic mass is 9.42. The van der Waals surface area contributed by atoms with Crippen molar-refractivity contribution in [1.82, 2.24) is 0 Å². The largest absolute Gasteiger partial charge is 0.393 e. The highest BCUT2D eigenvalue weighted by atomic mass is 16.5. The standard InChI is InChI=1S/C30H57N3O4/c1-20(34)23-6-7-24-28-25(18-27(30(23,24)3)37-14-5-12-32)29(2)10-8-21(9-15-35-19-33)16-22(29)17-26(28)36-13-4-11-31/h20-28,34H,4-19,31-33H2,1-3H3/t20?,21-,22-,23+,24-,25-,26+,27-,28-,29-,30+/m0/s1. The Morgan fingerprint density at radius 3 is 2.30 bits per heavy atom. The Balaban J connectivity index is 1.63. The minimum absolute atomic E-state index is 0.0284. The molecular weight excluding hydrogens is 466 g/mol. The molecule has 37 heavy (non-hydrogen) atoms. The Hall–Kier alpha value is -0.280. The van der Waals surface area contributed by atoms with Gasteiger partial charge in [0.25, 0.3) is 0 Å². The Morgan fingerprint density at radius 2 is 1.62 bits per heavy atom. The first kappa shape index (κ1) is 29.7. The van der Waals surface area contributed by atoms with E-state index in [1.54, 1.807) is 0 Å². The smallest absolute Gasteiger partial charge is 0.0940 e. The van der Waals surface area contributed by atoms with Gasteiger partial charge in [0.15, 0.2) is 0 Å². The lowest BCUT2D eigenvalue weighted by molar-refractivity contribution is -0.226. The van der Waals surface area contributed by atoms with Gasteiger partial charge in [-0.25, -0.2) is 0 Å². The van der Waals surface area contributed by atoms with Gasteiger partial charge >= 0.3 is 0 Å². The third kappa shape index (κ3) is 5.79. The fourth-order valence-corrected chi connectivity index (χ4v) is 9.70. The van der Waals surface area contributed by atoms with E-state index in [2.05, 4.69) is 13.8 Å². The molecule has 11 atom stereocenters. The quantitative estimate of drug-likeness (QED) is 0.214. The summed E-state index contributed by atoms with van der Waals surface area (Å²) >= 11 is 0. The van der Waals surface area contributed by atoms with Crippen LogP contribution in [0.25, 0.3) is 0 Å². The van der Waals surface area contributed by atoms with Gasteiger partial charge in [-0.2, -0.15) is 0 Å². The molecule has 0 amide bonds. The minimum atomic E-state index is -0.318. The summed E-state index contributed by atoms with van der Waals surface area (Å²) in [5.41, 5.74) is 17.6. The van der Waals surface area contributed by atoms with E-state index >= 15 is 0 Å². The summed E-state index contributed by atoms with van der Waals surface area (Å²) < 4.78 is 19.0. The normalized spacial score (nSPS) is 44.2. The summed E-state index contributed by atoms with van der Waals surface area (Å²) in [6.07, 6.45) is 11.3. The molecule has 0 aromatic carbocycles. The molecule has 4 aliphatic carbocycles. The van der Waals surface area contributed by atoms with Crippen molar-refractivity contribution >= 4 is 0 Å². The van der Waals surface area contributed by atoms with Crippen LogP contribution in [0.4, 0.5) is 0 Å². The Bertz CT molecular complexity index is 710. The third-order valence-electron chi connectivity index (χ3n) is 11.6. The van der Waals surface area contributed by atoms with Crippen LogP contribution in [-0.4, -0.2) is 63.1 Å². The van der Waals surface area contributed by atoms with Crippen LogP contribution in [0, 0.1) is 46.3 Å². The molecule has 1 unspecified atom stereocenters. The zero-order chi connectivity index (χ0) is 26.6. The van der Waals surface area contributed by atoms with Crippen molar-refractivity contribution in [2.45, 2.75) is 103 Å². The molecule has 0 radical (unpaired) electrons. The van der Waals surface area contributed by atoms with E-state index in [0.717, 1.165) is 51.7 Å². The molecule has 0 saturated heterocycles. The molecule has 0 aromatic heterocycles. The van der Waals surface area contributed by atoms with Crippen molar-refractivity contribution in [3.05, 3.63) is 0 Å². The second kappa shape index (κ2) is 12.9. The Morgan fingerprint density at radius 1 is 0.892 bits per heavy atom. The molecule has 0 bridgehead atoms. The zero-order valence-electron chi connectivity index (χ0n) is 23.9. The monoisotopic (exact) mass is 523 g/mol. The zero-order valence-corrected chi connectivity index (χ0v) is 23.9. The number of fused-ring (bicyclic) bond motifs is 5. The summed E-state index contributed by atoms with van der Waals surface area (Å²) in [4.78, 5) is 0. The molecule has 7 N–H and O–H groups in total. The van der Waals surface area contributed by atoms with Crippen LogP contribution in [-0.2, 0) is 14.2 Å². The van der Waals surface area contributed by atoms with Crippen LogP contribution in [0.1, 0.15) is 85.0 Å². The van der Waals surface area contributed by atoms with Crippen molar-refractivity contribution < 1.29 is 19.3 Å². The number of ether oxygens (including phenoxy) is 3. The second-order valence-corrected chi connectivity index (χ2v) is 13.3. The maximum Gasteiger partial charge on any atom is 0.0940 e. The maximum atomic E-state index is 10.9. The molecule has 0 heterocycles. The van der Waals surface area contributed by atoms with E-state index in [9.17, 15) is 5.11 Å². The SMILES string of the molecule is CC(O)[C@H]1CC[C@H]2[C@@H]3[C@H](OCCCN)C[C@@H]4C[C@H](CCOCN)CC[C@]4(C)[C@H]3C[C@H](OCCCN)[C@]12C. The number of hydrogen-bond acceptors (Lipinski definition) is 7. The molecule has 4 saturated carbocycles. The molecule has 4 rings (SSSR count). The Kier molecular flexibility index (Phi) is 10.4. The molecule has 0 aromatic rings. The van der Waals surface area contributed by atoms with Crippen LogP contribution in [0.2, 0.25) is 0 Å². The number of aliphatic hydroxyl groups excluding tert-OH is 1. The van der Waals surface area contributed by atoms with Crippen molar-refractivity contribution in [2.75, 3.05) is 39.6 Å².